The number of piperidine rings is 1. The molecule has 25 heavy (non-hydrogen) atoms. The standard InChI is InChI=1S/C19H26N4O2/c1-14-13-15(2)23(21-14)17-8-6-16(7-9-17)20-19(25)18-5-3-4-10-22(18)11-12-24/h6-9,13,18,24H,3-5,10-12H2,1-2H3,(H,20,25)/t18-/m0/s1. The Morgan fingerprint density at radius 1 is 1.28 bits per heavy atom. The summed E-state index contributed by atoms with van der Waals surface area (Å²) in [4.78, 5) is 14.7. The van der Waals surface area contributed by atoms with Crippen molar-refractivity contribution in [2.45, 2.75) is 39.2 Å². The molecule has 2 aromatic rings. The predicted molar refractivity (Wildman–Crippen MR) is 98.0 cm³/mol. The van der Waals surface area contributed by atoms with Crippen molar-refractivity contribution in [3.05, 3.63) is 41.7 Å². The molecule has 1 aliphatic heterocycles. The van der Waals surface area contributed by atoms with Gasteiger partial charge in [-0.1, -0.05) is 6.42 Å². The molecule has 1 aliphatic rings. The van der Waals surface area contributed by atoms with Crippen LogP contribution in [0.1, 0.15) is 30.7 Å². The second-order valence-electron chi connectivity index (χ2n) is 6.65. The van der Waals surface area contributed by atoms with Crippen molar-refractivity contribution in [1.29, 1.82) is 0 Å². The van der Waals surface area contributed by atoms with Crippen LogP contribution in [0, 0.1) is 13.8 Å². The smallest absolute Gasteiger partial charge is 0.241 e. The molecule has 6 nitrogen and oxygen atoms in total. The lowest BCUT2D eigenvalue weighted by atomic mass is 10.0. The molecule has 0 bridgehead atoms. The number of benzene rings is 1. The highest BCUT2D eigenvalue weighted by Crippen LogP contribution is 2.20. The lowest BCUT2D eigenvalue weighted by Gasteiger charge is -2.34. The SMILES string of the molecule is Cc1cc(C)n(-c2ccc(NC(=O)[C@@H]3CCCCN3CCO)cc2)n1. The first kappa shape index (κ1) is 17.6. The van der Waals surface area contributed by atoms with Crippen LogP contribution < -0.4 is 5.32 Å². The van der Waals surface area contributed by atoms with E-state index in [4.69, 9.17) is 0 Å². The fourth-order valence-electron chi connectivity index (χ4n) is 3.49. The van der Waals surface area contributed by atoms with Gasteiger partial charge in [0.15, 0.2) is 0 Å². The number of hydrogen-bond donors (Lipinski definition) is 2. The van der Waals surface area contributed by atoms with E-state index >= 15 is 0 Å². The van der Waals surface area contributed by atoms with E-state index in [1.165, 1.54) is 0 Å². The van der Waals surface area contributed by atoms with Gasteiger partial charge in [-0.3, -0.25) is 9.69 Å². The highest BCUT2D eigenvalue weighted by molar-refractivity contribution is 5.95. The normalized spacial score (nSPS) is 18.3. The van der Waals surface area contributed by atoms with Crippen molar-refractivity contribution in [3.63, 3.8) is 0 Å². The molecule has 0 aliphatic carbocycles. The van der Waals surface area contributed by atoms with Crippen LogP contribution in [0.25, 0.3) is 5.69 Å². The first-order chi connectivity index (χ1) is 12.1. The van der Waals surface area contributed by atoms with Crippen molar-refractivity contribution in [2.24, 2.45) is 0 Å². The number of nitrogens with one attached hydrogen (secondary N) is 1. The number of nitrogens with zero attached hydrogens (tertiary/aromatic N) is 3. The third-order valence-electron chi connectivity index (χ3n) is 4.69. The van der Waals surface area contributed by atoms with Gasteiger partial charge in [-0.25, -0.2) is 4.68 Å². The third-order valence-corrected chi connectivity index (χ3v) is 4.69. The zero-order valence-corrected chi connectivity index (χ0v) is 14.9. The molecule has 1 aromatic carbocycles. The summed E-state index contributed by atoms with van der Waals surface area (Å²) in [7, 11) is 0. The summed E-state index contributed by atoms with van der Waals surface area (Å²) in [6.07, 6.45) is 2.98. The van der Waals surface area contributed by atoms with Gasteiger partial charge in [-0.2, -0.15) is 5.10 Å². The van der Waals surface area contributed by atoms with Crippen LogP contribution in [-0.4, -0.2) is 51.4 Å². The maximum Gasteiger partial charge on any atom is 0.241 e. The van der Waals surface area contributed by atoms with Gasteiger partial charge < -0.3 is 10.4 Å². The Kier molecular flexibility index (Phi) is 5.50. The number of carbonyl (C=O) groups is 1. The molecule has 2 heterocycles. The minimum atomic E-state index is -0.156. The van der Waals surface area contributed by atoms with E-state index in [2.05, 4.69) is 15.3 Å². The molecule has 6 heteroatoms. The predicted octanol–water partition coefficient (Wildman–Crippen LogP) is 2.27. The highest BCUT2D eigenvalue weighted by atomic mass is 16.3. The molecule has 0 spiro atoms. The van der Waals surface area contributed by atoms with Gasteiger partial charge in [0.1, 0.15) is 0 Å². The Morgan fingerprint density at radius 2 is 2.04 bits per heavy atom. The Hall–Kier alpha value is -2.18. The molecule has 1 saturated heterocycles. The largest absolute Gasteiger partial charge is 0.395 e. The Balaban J connectivity index is 1.68. The summed E-state index contributed by atoms with van der Waals surface area (Å²) in [5.41, 5.74) is 3.82. The minimum absolute atomic E-state index is 0.00649. The molecular formula is C19H26N4O2. The van der Waals surface area contributed by atoms with E-state index in [-0.39, 0.29) is 18.6 Å². The highest BCUT2D eigenvalue weighted by Gasteiger charge is 2.28. The van der Waals surface area contributed by atoms with Gasteiger partial charge >= 0.3 is 0 Å². The Bertz CT molecular complexity index is 722. The topological polar surface area (TPSA) is 70.4 Å². The number of rotatable bonds is 5. The van der Waals surface area contributed by atoms with E-state index < -0.39 is 0 Å². The molecular weight excluding hydrogens is 316 g/mol. The summed E-state index contributed by atoms with van der Waals surface area (Å²) in [5, 5.41) is 16.7. The quantitative estimate of drug-likeness (QED) is 0.874. The molecule has 1 aromatic heterocycles. The minimum Gasteiger partial charge on any atom is -0.395 e. The maximum atomic E-state index is 12.6. The van der Waals surface area contributed by atoms with Crippen molar-refractivity contribution < 1.29 is 9.90 Å². The van der Waals surface area contributed by atoms with E-state index in [0.29, 0.717) is 6.54 Å². The van der Waals surface area contributed by atoms with E-state index in [9.17, 15) is 9.90 Å². The van der Waals surface area contributed by atoms with Crippen LogP contribution >= 0.6 is 0 Å². The van der Waals surface area contributed by atoms with Crippen molar-refractivity contribution in [1.82, 2.24) is 14.7 Å². The van der Waals surface area contributed by atoms with Crippen molar-refractivity contribution in [3.8, 4) is 5.69 Å². The molecule has 1 fully saturated rings. The average Bonchev–Trinajstić information content (AvgIpc) is 2.94. The molecule has 0 saturated carbocycles. The van der Waals surface area contributed by atoms with Crippen LogP contribution in [0.5, 0.6) is 0 Å². The average molecular weight is 342 g/mol. The van der Waals surface area contributed by atoms with E-state index in [1.54, 1.807) is 0 Å². The van der Waals surface area contributed by atoms with E-state index in [1.807, 2.05) is 48.9 Å². The summed E-state index contributed by atoms with van der Waals surface area (Å²) >= 11 is 0. The van der Waals surface area contributed by atoms with E-state index in [0.717, 1.165) is 48.6 Å². The third kappa shape index (κ3) is 4.08. The fourth-order valence-corrected chi connectivity index (χ4v) is 3.49. The molecule has 0 radical (unpaired) electrons. The number of carbonyl (C=O) groups excluding carboxylic acids is 1. The number of anilines is 1. The summed E-state index contributed by atoms with van der Waals surface area (Å²) in [6.45, 7) is 5.50. The number of aliphatic hydroxyl groups is 1. The van der Waals surface area contributed by atoms with Crippen molar-refractivity contribution in [2.75, 3.05) is 25.0 Å². The lowest BCUT2D eigenvalue weighted by molar-refractivity contribution is -0.122. The van der Waals surface area contributed by atoms with Crippen LogP contribution in [0.4, 0.5) is 5.69 Å². The second-order valence-corrected chi connectivity index (χ2v) is 6.65. The molecule has 0 unspecified atom stereocenters. The van der Waals surface area contributed by atoms with Gasteiger partial charge in [-0.15, -0.1) is 0 Å². The van der Waals surface area contributed by atoms with Gasteiger partial charge in [0.2, 0.25) is 5.91 Å². The number of amides is 1. The Labute approximate surface area is 148 Å². The van der Waals surface area contributed by atoms with Gasteiger partial charge in [0, 0.05) is 17.9 Å². The van der Waals surface area contributed by atoms with Crippen LogP contribution in [0.3, 0.4) is 0 Å². The number of hydrogen-bond acceptors (Lipinski definition) is 4. The number of aromatic nitrogens is 2. The number of likely N-dealkylation sites (tertiary alicyclic amines) is 1. The van der Waals surface area contributed by atoms with Crippen LogP contribution in [0.2, 0.25) is 0 Å². The first-order valence-corrected chi connectivity index (χ1v) is 8.88. The summed E-state index contributed by atoms with van der Waals surface area (Å²) in [6, 6.07) is 9.61. The Morgan fingerprint density at radius 3 is 2.68 bits per heavy atom. The molecule has 134 valence electrons. The van der Waals surface area contributed by atoms with Crippen LogP contribution in [-0.2, 0) is 4.79 Å². The first-order valence-electron chi connectivity index (χ1n) is 8.88. The number of β-amino-alcohol motifs (C(OH)–C–C–N with tert-alkyl or cyclic N) is 1. The zero-order chi connectivity index (χ0) is 17.8. The fraction of sp³-hybridized carbons (Fsp3) is 0.474. The zero-order valence-electron chi connectivity index (χ0n) is 14.9. The van der Waals surface area contributed by atoms with Gasteiger partial charge in [0.05, 0.1) is 24.0 Å². The van der Waals surface area contributed by atoms with Crippen molar-refractivity contribution >= 4 is 11.6 Å². The number of aryl methyl sites for hydroxylation is 2. The van der Waals surface area contributed by atoms with Gasteiger partial charge in [0.25, 0.3) is 0 Å². The molecule has 3 rings (SSSR count). The number of aliphatic hydroxyl groups excluding tert-OH is 1. The lowest BCUT2D eigenvalue weighted by Crippen LogP contribution is -2.48. The maximum absolute atomic E-state index is 12.6. The summed E-state index contributed by atoms with van der Waals surface area (Å²) in [5.74, 6) is 0.00649. The summed E-state index contributed by atoms with van der Waals surface area (Å²) < 4.78 is 1.89. The van der Waals surface area contributed by atoms with Gasteiger partial charge in [-0.05, 0) is 63.6 Å². The monoisotopic (exact) mass is 342 g/mol. The van der Waals surface area contributed by atoms with Crippen LogP contribution in [0.15, 0.2) is 30.3 Å². The molecule has 1 amide bonds. The second kappa shape index (κ2) is 7.80. The molecule has 1 atom stereocenters. The molecule has 2 N–H and O–H groups in total.